The highest BCUT2D eigenvalue weighted by molar-refractivity contribution is 7.16. The zero-order valence-electron chi connectivity index (χ0n) is 20.4. The molecule has 4 aromatic rings. The first kappa shape index (κ1) is 27.4. The molecule has 14 heteroatoms. The molecule has 0 aliphatic carbocycles. The van der Waals surface area contributed by atoms with Gasteiger partial charge in [0.1, 0.15) is 22.2 Å². The number of rotatable bonds is 9. The first-order valence-electron chi connectivity index (χ1n) is 11.2. The number of fused-ring (bicyclic) bond motifs is 1. The number of thiophene rings is 1. The number of hydrogen-bond donors (Lipinski definition) is 1. The number of anilines is 1. The number of ether oxygens (including phenoxy) is 4. The highest BCUT2D eigenvalue weighted by Crippen LogP contribution is 2.31. The van der Waals surface area contributed by atoms with Crippen LogP contribution in [0.4, 0.5) is 18.2 Å². The molecule has 1 amide bonds. The first-order valence-corrected chi connectivity index (χ1v) is 12.1. The van der Waals surface area contributed by atoms with E-state index in [2.05, 4.69) is 15.2 Å². The number of aromatic nitrogens is 2. The highest BCUT2D eigenvalue weighted by Gasteiger charge is 2.31. The van der Waals surface area contributed by atoms with Gasteiger partial charge >= 0.3 is 12.3 Å². The molecule has 0 aliphatic rings. The number of alkyl halides is 3. The monoisotopic (exact) mass is 563 g/mol. The van der Waals surface area contributed by atoms with E-state index in [0.29, 0.717) is 11.5 Å². The molecule has 2 heterocycles. The maximum absolute atomic E-state index is 13.4. The number of hydrogen-bond acceptors (Lipinski definition) is 9. The molecule has 0 bridgehead atoms. The van der Waals surface area contributed by atoms with Crippen LogP contribution >= 0.6 is 11.3 Å². The predicted octanol–water partition coefficient (Wildman–Crippen LogP) is 4.55. The molecule has 1 N–H and O–H groups in total. The van der Waals surface area contributed by atoms with Gasteiger partial charge in [-0.25, -0.2) is 4.79 Å². The Morgan fingerprint density at radius 1 is 1.03 bits per heavy atom. The summed E-state index contributed by atoms with van der Waals surface area (Å²) in [5.41, 5.74) is -0.892. The highest BCUT2D eigenvalue weighted by atomic mass is 32.1. The van der Waals surface area contributed by atoms with Crippen molar-refractivity contribution in [2.75, 3.05) is 25.6 Å². The first-order chi connectivity index (χ1) is 18.6. The number of amides is 1. The lowest BCUT2D eigenvalue weighted by Gasteiger charge is -2.12. The lowest BCUT2D eigenvalue weighted by molar-refractivity contribution is -0.274. The van der Waals surface area contributed by atoms with Crippen LogP contribution in [0, 0.1) is 0 Å². The van der Waals surface area contributed by atoms with Crippen LogP contribution in [-0.2, 0) is 9.53 Å². The number of methoxy groups -OCH3 is 1. The SMILES string of the molecule is CCOC(=O)c1nn(-c2ccc(OC(F)(F)F)cc2)c(=O)c2c(NC(=O)COc3ccc(OC)cc3)scc12. The van der Waals surface area contributed by atoms with E-state index in [-0.39, 0.29) is 40.4 Å². The molecule has 204 valence electrons. The molecule has 39 heavy (non-hydrogen) atoms. The molecule has 0 saturated heterocycles. The van der Waals surface area contributed by atoms with Crippen LogP contribution in [0.1, 0.15) is 17.4 Å². The number of halogens is 3. The summed E-state index contributed by atoms with van der Waals surface area (Å²) in [6.45, 7) is 1.24. The Balaban J connectivity index is 1.66. The lowest BCUT2D eigenvalue weighted by atomic mass is 10.2. The van der Waals surface area contributed by atoms with Crippen LogP contribution in [0.3, 0.4) is 0 Å². The third kappa shape index (κ3) is 6.46. The number of esters is 1. The van der Waals surface area contributed by atoms with E-state index in [1.54, 1.807) is 31.2 Å². The Hall–Kier alpha value is -4.59. The molecule has 0 atom stereocenters. The molecule has 0 spiro atoms. The van der Waals surface area contributed by atoms with Gasteiger partial charge in [0, 0.05) is 10.8 Å². The Kier molecular flexibility index (Phi) is 8.04. The molecular formula is C25H20F3N3O7S. The van der Waals surface area contributed by atoms with Crippen molar-refractivity contribution in [3.8, 4) is 22.9 Å². The van der Waals surface area contributed by atoms with E-state index in [9.17, 15) is 27.6 Å². The van der Waals surface area contributed by atoms with Crippen molar-refractivity contribution >= 4 is 39.0 Å². The van der Waals surface area contributed by atoms with E-state index in [1.807, 2.05) is 0 Å². The summed E-state index contributed by atoms with van der Waals surface area (Å²) < 4.78 is 57.9. The standard InChI is InChI=1S/C25H20F3N3O7S/c1-3-36-24(34)21-18-13-39-22(29-19(32)12-37-16-10-8-15(35-2)9-11-16)20(18)23(33)31(30-21)14-4-6-17(7-5-14)38-25(26,27)28/h4-11,13H,3,12H2,1-2H3,(H,29,32). The summed E-state index contributed by atoms with van der Waals surface area (Å²) in [4.78, 5) is 38.7. The van der Waals surface area contributed by atoms with Crippen molar-refractivity contribution in [3.05, 3.63) is 70.0 Å². The number of benzene rings is 2. The minimum absolute atomic E-state index is 0.0288. The van der Waals surface area contributed by atoms with Crippen LogP contribution in [0.15, 0.2) is 58.7 Å². The van der Waals surface area contributed by atoms with E-state index in [1.165, 1.54) is 24.6 Å². The Morgan fingerprint density at radius 3 is 2.28 bits per heavy atom. The number of nitrogens with one attached hydrogen (secondary N) is 1. The minimum atomic E-state index is -4.90. The second-order valence-corrected chi connectivity index (χ2v) is 8.57. The molecule has 0 aliphatic heterocycles. The maximum Gasteiger partial charge on any atom is 0.573 e. The number of nitrogens with zero attached hydrogens (tertiary/aromatic N) is 2. The van der Waals surface area contributed by atoms with Crippen LogP contribution in [0.5, 0.6) is 17.2 Å². The average Bonchev–Trinajstić information content (AvgIpc) is 3.32. The summed E-state index contributed by atoms with van der Waals surface area (Å²) in [5, 5.41) is 8.40. The van der Waals surface area contributed by atoms with Gasteiger partial charge in [0.25, 0.3) is 11.5 Å². The summed E-state index contributed by atoms with van der Waals surface area (Å²) in [5.74, 6) is -0.889. The molecule has 10 nitrogen and oxygen atoms in total. The topological polar surface area (TPSA) is 118 Å². The fourth-order valence-electron chi connectivity index (χ4n) is 3.44. The summed E-state index contributed by atoms with van der Waals surface area (Å²) in [6.07, 6.45) is -4.90. The van der Waals surface area contributed by atoms with Gasteiger partial charge < -0.3 is 24.3 Å². The summed E-state index contributed by atoms with van der Waals surface area (Å²) >= 11 is 0.984. The van der Waals surface area contributed by atoms with E-state index in [0.717, 1.165) is 28.2 Å². The van der Waals surface area contributed by atoms with E-state index < -0.39 is 29.5 Å². The zero-order valence-corrected chi connectivity index (χ0v) is 21.2. The van der Waals surface area contributed by atoms with Crippen molar-refractivity contribution < 1.29 is 41.7 Å². The fraction of sp³-hybridized carbons (Fsp3) is 0.200. The molecular weight excluding hydrogens is 543 g/mol. The van der Waals surface area contributed by atoms with Gasteiger partial charge in [0.15, 0.2) is 12.3 Å². The molecule has 2 aromatic carbocycles. The van der Waals surface area contributed by atoms with Crippen LogP contribution in [0.2, 0.25) is 0 Å². The van der Waals surface area contributed by atoms with Crippen LogP contribution in [0.25, 0.3) is 16.5 Å². The van der Waals surface area contributed by atoms with Crippen molar-refractivity contribution in [2.24, 2.45) is 0 Å². The average molecular weight is 564 g/mol. The minimum Gasteiger partial charge on any atom is -0.497 e. The molecule has 4 rings (SSSR count). The van der Waals surface area contributed by atoms with Gasteiger partial charge in [-0.05, 0) is 55.5 Å². The number of carbonyl (C=O) groups is 2. The molecule has 0 saturated carbocycles. The molecule has 2 aromatic heterocycles. The van der Waals surface area contributed by atoms with Crippen LogP contribution < -0.4 is 25.1 Å². The predicted molar refractivity (Wildman–Crippen MR) is 135 cm³/mol. The van der Waals surface area contributed by atoms with E-state index >= 15 is 0 Å². The summed E-state index contributed by atoms with van der Waals surface area (Å²) in [7, 11) is 1.52. The van der Waals surface area contributed by atoms with Gasteiger partial charge in [-0.1, -0.05) is 0 Å². The van der Waals surface area contributed by atoms with Gasteiger partial charge in [0.05, 0.1) is 24.8 Å². The normalized spacial score (nSPS) is 11.2. The van der Waals surface area contributed by atoms with Crippen LogP contribution in [-0.4, -0.2) is 48.3 Å². The van der Waals surface area contributed by atoms with Crippen molar-refractivity contribution in [2.45, 2.75) is 13.3 Å². The Labute approximate surface area is 222 Å². The van der Waals surface area contributed by atoms with Crippen molar-refractivity contribution in [1.82, 2.24) is 9.78 Å². The molecule has 0 unspecified atom stereocenters. The molecule has 0 fully saturated rings. The smallest absolute Gasteiger partial charge is 0.497 e. The summed E-state index contributed by atoms with van der Waals surface area (Å²) in [6, 6.07) is 10.9. The zero-order chi connectivity index (χ0) is 28.2. The second kappa shape index (κ2) is 11.4. The third-order valence-electron chi connectivity index (χ3n) is 5.12. The third-order valence-corrected chi connectivity index (χ3v) is 6.01. The van der Waals surface area contributed by atoms with E-state index in [4.69, 9.17) is 14.2 Å². The van der Waals surface area contributed by atoms with Gasteiger partial charge in [-0.3, -0.25) is 9.59 Å². The Morgan fingerprint density at radius 2 is 1.67 bits per heavy atom. The van der Waals surface area contributed by atoms with Crippen molar-refractivity contribution in [1.29, 1.82) is 0 Å². The van der Waals surface area contributed by atoms with Crippen molar-refractivity contribution in [3.63, 3.8) is 0 Å². The quantitative estimate of drug-likeness (QED) is 0.295. The van der Waals surface area contributed by atoms with Gasteiger partial charge in [0.2, 0.25) is 0 Å². The van der Waals surface area contributed by atoms with Gasteiger partial charge in [-0.2, -0.15) is 9.78 Å². The second-order valence-electron chi connectivity index (χ2n) is 7.69. The van der Waals surface area contributed by atoms with Gasteiger partial charge in [-0.15, -0.1) is 24.5 Å². The largest absolute Gasteiger partial charge is 0.573 e. The fourth-order valence-corrected chi connectivity index (χ4v) is 4.39. The maximum atomic E-state index is 13.4. The lowest BCUT2D eigenvalue weighted by Crippen LogP contribution is -2.26. The molecule has 0 radical (unpaired) electrons. The number of carbonyl (C=O) groups excluding carboxylic acids is 2. The Bertz CT molecular complexity index is 1550.